The molecule has 14 heavy (non-hydrogen) atoms. The average molecular weight is 207 g/mol. The van der Waals surface area contributed by atoms with Crippen LogP contribution in [0.2, 0.25) is 0 Å². The van der Waals surface area contributed by atoms with Crippen molar-refractivity contribution in [1.29, 1.82) is 0 Å². The Balaban J connectivity index is 3.28. The minimum Gasteiger partial charge on any atom is -0.619 e. The molecule has 0 spiro atoms. The molecular formula is C8H5F4NO. The summed E-state index contributed by atoms with van der Waals surface area (Å²) in [5, 5.41) is 10.5. The highest BCUT2D eigenvalue weighted by atomic mass is 19.4. The van der Waals surface area contributed by atoms with Crippen LogP contribution in [-0.4, -0.2) is 11.5 Å². The first-order valence-electron chi connectivity index (χ1n) is 3.46. The molecule has 0 aliphatic rings. The first kappa shape index (κ1) is 10.5. The summed E-state index contributed by atoms with van der Waals surface area (Å²) in [5.41, 5.74) is -1.69. The van der Waals surface area contributed by atoms with E-state index in [2.05, 4.69) is 6.72 Å². The van der Waals surface area contributed by atoms with E-state index < -0.39 is 23.2 Å². The van der Waals surface area contributed by atoms with Gasteiger partial charge in [-0.25, -0.2) is 4.39 Å². The Hall–Kier alpha value is -1.59. The number of nitrogens with zero attached hydrogens (tertiary/aromatic N) is 1. The number of halogens is 4. The van der Waals surface area contributed by atoms with Crippen molar-refractivity contribution in [3.63, 3.8) is 0 Å². The molecule has 2 nitrogen and oxygen atoms in total. The maximum atomic E-state index is 12.6. The highest BCUT2D eigenvalue weighted by Gasteiger charge is 2.32. The predicted octanol–water partition coefficient (Wildman–Crippen LogP) is 2.69. The lowest BCUT2D eigenvalue weighted by molar-refractivity contribution is -0.350. The van der Waals surface area contributed by atoms with Crippen LogP contribution in [0.25, 0.3) is 0 Å². The van der Waals surface area contributed by atoms with Crippen molar-refractivity contribution in [3.8, 4) is 0 Å². The third-order valence-electron chi connectivity index (χ3n) is 1.50. The van der Waals surface area contributed by atoms with E-state index in [0.717, 1.165) is 0 Å². The predicted molar refractivity (Wildman–Crippen MR) is 41.8 cm³/mol. The Morgan fingerprint density at radius 2 is 1.79 bits per heavy atom. The van der Waals surface area contributed by atoms with Gasteiger partial charge < -0.3 is 5.21 Å². The largest absolute Gasteiger partial charge is 0.619 e. The van der Waals surface area contributed by atoms with E-state index in [9.17, 15) is 22.8 Å². The molecule has 0 N–H and O–H groups in total. The molecule has 0 radical (unpaired) electrons. The molecule has 0 atom stereocenters. The zero-order valence-corrected chi connectivity index (χ0v) is 6.81. The first-order chi connectivity index (χ1) is 6.30. The molecule has 0 aromatic heterocycles. The minimum atomic E-state index is -4.67. The van der Waals surface area contributed by atoms with Crippen molar-refractivity contribution in [1.82, 2.24) is 0 Å². The van der Waals surface area contributed by atoms with Crippen LogP contribution in [0.15, 0.2) is 18.2 Å². The van der Waals surface area contributed by atoms with Gasteiger partial charge in [0.15, 0.2) is 0 Å². The Kier molecular flexibility index (Phi) is 2.46. The quantitative estimate of drug-likeness (QED) is 0.228. The maximum absolute atomic E-state index is 12.6. The number of rotatable bonds is 1. The van der Waals surface area contributed by atoms with Gasteiger partial charge in [-0.15, -0.1) is 0 Å². The van der Waals surface area contributed by atoms with E-state index in [-0.39, 0.29) is 4.74 Å². The molecule has 0 fully saturated rings. The van der Waals surface area contributed by atoms with Crippen LogP contribution in [-0.2, 0) is 6.18 Å². The Bertz CT molecular complexity index is 372. The standard InChI is InChI=1S/C8H5F4NO/c1-13(14)7-3-5(8(10,11)12)2-6(9)4-7/h2-4H,1H2. The molecule has 0 saturated carbocycles. The fraction of sp³-hybridized carbons (Fsp3) is 0.125. The second-order valence-corrected chi connectivity index (χ2v) is 2.57. The summed E-state index contributed by atoms with van der Waals surface area (Å²) < 4.78 is 48.9. The maximum Gasteiger partial charge on any atom is 0.416 e. The summed E-state index contributed by atoms with van der Waals surface area (Å²) >= 11 is 0. The van der Waals surface area contributed by atoms with Crippen LogP contribution in [0.1, 0.15) is 5.56 Å². The lowest BCUT2D eigenvalue weighted by atomic mass is 10.2. The van der Waals surface area contributed by atoms with Crippen molar-refractivity contribution < 1.29 is 22.3 Å². The van der Waals surface area contributed by atoms with Crippen LogP contribution in [0.4, 0.5) is 23.2 Å². The molecule has 1 aromatic rings. The number of alkyl halides is 3. The van der Waals surface area contributed by atoms with Gasteiger partial charge in [-0.2, -0.15) is 17.9 Å². The van der Waals surface area contributed by atoms with Crippen LogP contribution in [0.3, 0.4) is 0 Å². The molecule has 76 valence electrons. The fourth-order valence-corrected chi connectivity index (χ4v) is 0.882. The van der Waals surface area contributed by atoms with E-state index in [0.29, 0.717) is 18.2 Å². The lowest BCUT2D eigenvalue weighted by Gasteiger charge is -2.07. The van der Waals surface area contributed by atoms with Gasteiger partial charge in [-0.05, 0) is 6.07 Å². The van der Waals surface area contributed by atoms with Gasteiger partial charge in [0.2, 0.25) is 5.69 Å². The molecule has 0 saturated heterocycles. The molecule has 0 aliphatic carbocycles. The van der Waals surface area contributed by atoms with Crippen molar-refractivity contribution in [2.45, 2.75) is 6.18 Å². The molecule has 0 unspecified atom stereocenters. The number of hydrogen-bond acceptors (Lipinski definition) is 1. The third-order valence-corrected chi connectivity index (χ3v) is 1.50. The smallest absolute Gasteiger partial charge is 0.416 e. The molecule has 6 heteroatoms. The van der Waals surface area contributed by atoms with Crippen molar-refractivity contribution in [3.05, 3.63) is 34.8 Å². The van der Waals surface area contributed by atoms with E-state index in [1.54, 1.807) is 0 Å². The van der Waals surface area contributed by atoms with Crippen molar-refractivity contribution >= 4 is 12.4 Å². The average Bonchev–Trinajstić information content (AvgIpc) is 2.01. The second kappa shape index (κ2) is 3.28. The summed E-state index contributed by atoms with van der Waals surface area (Å²) in [6.07, 6.45) is -4.67. The summed E-state index contributed by atoms with van der Waals surface area (Å²) in [6.45, 7) is 2.82. The zero-order chi connectivity index (χ0) is 10.9. The van der Waals surface area contributed by atoms with Gasteiger partial charge in [0.1, 0.15) is 12.5 Å². The highest BCUT2D eigenvalue weighted by Crippen LogP contribution is 2.31. The monoisotopic (exact) mass is 207 g/mol. The summed E-state index contributed by atoms with van der Waals surface area (Å²) in [7, 11) is 0. The van der Waals surface area contributed by atoms with Crippen molar-refractivity contribution in [2.75, 3.05) is 0 Å². The van der Waals surface area contributed by atoms with Crippen LogP contribution < -0.4 is 0 Å². The van der Waals surface area contributed by atoms with Gasteiger partial charge in [-0.3, -0.25) is 0 Å². The summed E-state index contributed by atoms with van der Waals surface area (Å²) in [4.78, 5) is 0. The zero-order valence-electron chi connectivity index (χ0n) is 6.81. The molecule has 0 amide bonds. The van der Waals surface area contributed by atoms with Crippen LogP contribution in [0.5, 0.6) is 0 Å². The first-order valence-corrected chi connectivity index (χ1v) is 3.46. The number of benzene rings is 1. The normalized spacial score (nSPS) is 11.4. The Morgan fingerprint density at radius 1 is 1.21 bits per heavy atom. The van der Waals surface area contributed by atoms with Gasteiger partial charge in [0.25, 0.3) is 0 Å². The van der Waals surface area contributed by atoms with Gasteiger partial charge in [0.05, 0.1) is 5.56 Å². The second-order valence-electron chi connectivity index (χ2n) is 2.57. The SMILES string of the molecule is C=[N+]([O-])c1cc(F)cc(C(F)(F)F)c1. The fourth-order valence-electron chi connectivity index (χ4n) is 0.882. The molecule has 0 heterocycles. The Labute approximate surface area is 76.7 Å². The minimum absolute atomic E-state index is 0.0850. The summed E-state index contributed by atoms with van der Waals surface area (Å²) in [5.74, 6) is -1.13. The molecule has 0 aliphatic heterocycles. The van der Waals surface area contributed by atoms with E-state index in [1.807, 2.05) is 0 Å². The van der Waals surface area contributed by atoms with E-state index in [1.165, 1.54) is 0 Å². The third kappa shape index (κ3) is 2.21. The summed E-state index contributed by atoms with van der Waals surface area (Å²) in [6, 6.07) is 1.52. The van der Waals surface area contributed by atoms with Gasteiger partial charge in [-0.1, -0.05) is 0 Å². The Morgan fingerprint density at radius 3 is 2.21 bits per heavy atom. The molecule has 1 rings (SSSR count). The highest BCUT2D eigenvalue weighted by molar-refractivity contribution is 5.39. The van der Waals surface area contributed by atoms with Gasteiger partial charge >= 0.3 is 6.18 Å². The molecule has 0 bridgehead atoms. The van der Waals surface area contributed by atoms with E-state index in [4.69, 9.17) is 0 Å². The van der Waals surface area contributed by atoms with Crippen LogP contribution in [0, 0.1) is 11.0 Å². The topological polar surface area (TPSA) is 26.1 Å². The van der Waals surface area contributed by atoms with Crippen LogP contribution >= 0.6 is 0 Å². The molecule has 1 aromatic carbocycles. The lowest BCUT2D eigenvalue weighted by Crippen LogP contribution is -2.06. The van der Waals surface area contributed by atoms with Crippen molar-refractivity contribution in [2.24, 2.45) is 0 Å². The van der Waals surface area contributed by atoms with Gasteiger partial charge in [0, 0.05) is 12.1 Å². The van der Waals surface area contributed by atoms with E-state index >= 15 is 0 Å². The number of hydrogen-bond donors (Lipinski definition) is 0. The molecular weight excluding hydrogens is 202 g/mol.